The molecule has 1 fully saturated rings. The molecule has 6 heteroatoms. The number of carbonyl (C=O) groups excluding carboxylic acids is 1. The van der Waals surface area contributed by atoms with Crippen LogP contribution in [0.1, 0.15) is 10.4 Å². The van der Waals surface area contributed by atoms with Gasteiger partial charge in [0.1, 0.15) is 5.82 Å². The number of amidine groups is 1. The third-order valence-corrected chi connectivity index (χ3v) is 4.75. The lowest BCUT2D eigenvalue weighted by molar-refractivity contribution is -0.115. The molecule has 106 valence electrons. The molecular formula is C15H11FN2OS2. The predicted octanol–water partition coefficient (Wildman–Crippen LogP) is 4.09. The zero-order valence-corrected chi connectivity index (χ0v) is 12.7. The van der Waals surface area contributed by atoms with Crippen molar-refractivity contribution >= 4 is 45.9 Å². The molecule has 1 aromatic heterocycles. The molecule has 0 unspecified atom stereocenters. The largest absolute Gasteiger partial charge is 0.300 e. The van der Waals surface area contributed by atoms with Gasteiger partial charge in [-0.2, -0.15) is 0 Å². The summed E-state index contributed by atoms with van der Waals surface area (Å²) in [6, 6.07) is 7.83. The minimum Gasteiger partial charge on any atom is -0.300 e. The number of rotatable bonds is 2. The molecule has 0 atom stereocenters. The van der Waals surface area contributed by atoms with Crippen molar-refractivity contribution < 1.29 is 9.18 Å². The number of thiophene rings is 1. The maximum Gasteiger partial charge on any atom is 0.264 e. The van der Waals surface area contributed by atoms with E-state index in [2.05, 4.69) is 10.3 Å². The van der Waals surface area contributed by atoms with Gasteiger partial charge in [-0.3, -0.25) is 4.79 Å². The van der Waals surface area contributed by atoms with Gasteiger partial charge in [-0.05, 0) is 66.0 Å². The molecule has 2 aromatic rings. The number of nitrogens with one attached hydrogen (secondary N) is 1. The molecule has 1 amide bonds. The summed E-state index contributed by atoms with van der Waals surface area (Å²) in [6.07, 6.45) is 1.87. The van der Waals surface area contributed by atoms with Crippen LogP contribution in [-0.4, -0.2) is 11.1 Å². The van der Waals surface area contributed by atoms with Gasteiger partial charge in [-0.15, -0.1) is 11.3 Å². The van der Waals surface area contributed by atoms with E-state index in [1.165, 1.54) is 23.9 Å². The van der Waals surface area contributed by atoms with Crippen LogP contribution in [-0.2, 0) is 4.79 Å². The van der Waals surface area contributed by atoms with E-state index < -0.39 is 0 Å². The van der Waals surface area contributed by atoms with Crippen LogP contribution in [0.2, 0.25) is 0 Å². The molecular weight excluding hydrogens is 307 g/mol. The van der Waals surface area contributed by atoms with Crippen molar-refractivity contribution in [3.8, 4) is 0 Å². The van der Waals surface area contributed by atoms with Crippen LogP contribution < -0.4 is 5.32 Å². The summed E-state index contributed by atoms with van der Waals surface area (Å²) in [7, 11) is 0. The average molecular weight is 318 g/mol. The molecule has 0 radical (unpaired) electrons. The Morgan fingerprint density at radius 2 is 2.00 bits per heavy atom. The number of hydrogen-bond donors (Lipinski definition) is 1. The lowest BCUT2D eigenvalue weighted by Gasteiger charge is -1.95. The highest BCUT2D eigenvalue weighted by atomic mass is 32.2. The molecule has 3 rings (SSSR count). The molecule has 0 spiro atoms. The van der Waals surface area contributed by atoms with E-state index in [1.807, 2.05) is 24.4 Å². The number of benzene rings is 1. The number of hydrogen-bond acceptors (Lipinski definition) is 4. The third kappa shape index (κ3) is 3.22. The SMILES string of the molecule is Cc1ccsc1/C=C1/SC(=Nc2ccc(F)cc2)NC1=O. The second-order valence-corrected chi connectivity index (χ2v) is 6.40. The summed E-state index contributed by atoms with van der Waals surface area (Å²) < 4.78 is 12.8. The zero-order valence-electron chi connectivity index (χ0n) is 11.1. The van der Waals surface area contributed by atoms with E-state index in [4.69, 9.17) is 0 Å². The van der Waals surface area contributed by atoms with E-state index in [0.29, 0.717) is 15.8 Å². The van der Waals surface area contributed by atoms with Crippen LogP contribution in [0, 0.1) is 12.7 Å². The van der Waals surface area contributed by atoms with Crippen LogP contribution in [0.25, 0.3) is 6.08 Å². The van der Waals surface area contributed by atoms with E-state index >= 15 is 0 Å². The van der Waals surface area contributed by atoms with Gasteiger partial charge in [0.25, 0.3) is 5.91 Å². The third-order valence-electron chi connectivity index (χ3n) is 2.87. The molecule has 21 heavy (non-hydrogen) atoms. The molecule has 0 bridgehead atoms. The van der Waals surface area contributed by atoms with Crippen LogP contribution >= 0.6 is 23.1 Å². The topological polar surface area (TPSA) is 41.5 Å². The van der Waals surface area contributed by atoms with Crippen molar-refractivity contribution in [3.63, 3.8) is 0 Å². The highest BCUT2D eigenvalue weighted by molar-refractivity contribution is 8.18. The Hall–Kier alpha value is -1.92. The van der Waals surface area contributed by atoms with Crippen molar-refractivity contribution in [1.29, 1.82) is 0 Å². The fourth-order valence-electron chi connectivity index (χ4n) is 1.76. The maximum atomic E-state index is 12.8. The monoisotopic (exact) mass is 318 g/mol. The number of aliphatic imine (C=N–C) groups is 1. The number of aryl methyl sites for hydroxylation is 1. The average Bonchev–Trinajstić information content (AvgIpc) is 3.00. The summed E-state index contributed by atoms with van der Waals surface area (Å²) in [5.41, 5.74) is 1.75. The van der Waals surface area contributed by atoms with E-state index in [-0.39, 0.29) is 11.7 Å². The quantitative estimate of drug-likeness (QED) is 0.848. The smallest absolute Gasteiger partial charge is 0.264 e. The molecule has 1 N–H and O–H groups in total. The first-order chi connectivity index (χ1) is 10.1. The molecule has 1 aromatic carbocycles. The molecule has 0 saturated carbocycles. The fraction of sp³-hybridized carbons (Fsp3) is 0.0667. The number of thioether (sulfide) groups is 1. The number of carbonyl (C=O) groups is 1. The predicted molar refractivity (Wildman–Crippen MR) is 86.3 cm³/mol. The second-order valence-electron chi connectivity index (χ2n) is 4.43. The van der Waals surface area contributed by atoms with Gasteiger partial charge in [0.15, 0.2) is 5.17 Å². The molecule has 0 aliphatic carbocycles. The van der Waals surface area contributed by atoms with Crippen LogP contribution in [0.5, 0.6) is 0 Å². The first-order valence-corrected chi connectivity index (χ1v) is 7.91. The van der Waals surface area contributed by atoms with Crippen molar-refractivity contribution in [2.75, 3.05) is 0 Å². The Kier molecular flexibility index (Phi) is 3.90. The van der Waals surface area contributed by atoms with Gasteiger partial charge < -0.3 is 5.32 Å². The molecule has 2 heterocycles. The number of amides is 1. The van der Waals surface area contributed by atoms with Gasteiger partial charge >= 0.3 is 0 Å². The highest BCUT2D eigenvalue weighted by Crippen LogP contribution is 2.30. The first kappa shape index (κ1) is 14.0. The molecule has 1 aliphatic rings. The fourth-order valence-corrected chi connectivity index (χ4v) is 3.52. The zero-order chi connectivity index (χ0) is 14.8. The highest BCUT2D eigenvalue weighted by Gasteiger charge is 2.24. The lowest BCUT2D eigenvalue weighted by Crippen LogP contribution is -2.19. The molecule has 3 nitrogen and oxygen atoms in total. The van der Waals surface area contributed by atoms with Crippen LogP contribution in [0.15, 0.2) is 45.6 Å². The van der Waals surface area contributed by atoms with E-state index in [0.717, 1.165) is 10.4 Å². The second kappa shape index (κ2) is 5.83. The van der Waals surface area contributed by atoms with Crippen molar-refractivity contribution in [3.05, 3.63) is 56.9 Å². The van der Waals surface area contributed by atoms with Crippen molar-refractivity contribution in [1.82, 2.24) is 5.32 Å². The number of halogens is 1. The Morgan fingerprint density at radius 3 is 2.67 bits per heavy atom. The first-order valence-electron chi connectivity index (χ1n) is 6.21. The molecule has 1 aliphatic heterocycles. The van der Waals surface area contributed by atoms with Gasteiger partial charge in [0, 0.05) is 4.88 Å². The normalized spacial score (nSPS) is 18.5. The maximum absolute atomic E-state index is 12.8. The van der Waals surface area contributed by atoms with Gasteiger partial charge in [0.2, 0.25) is 0 Å². The van der Waals surface area contributed by atoms with E-state index in [9.17, 15) is 9.18 Å². The number of nitrogens with zero attached hydrogens (tertiary/aromatic N) is 1. The lowest BCUT2D eigenvalue weighted by atomic mass is 10.3. The summed E-state index contributed by atoms with van der Waals surface area (Å²) in [6.45, 7) is 2.01. The minimum absolute atomic E-state index is 0.159. The Labute approximate surface area is 129 Å². The summed E-state index contributed by atoms with van der Waals surface area (Å²) in [5.74, 6) is -0.468. The van der Waals surface area contributed by atoms with Crippen LogP contribution in [0.4, 0.5) is 10.1 Å². The summed E-state index contributed by atoms with van der Waals surface area (Å²) in [5, 5.41) is 5.21. The minimum atomic E-state index is -0.309. The van der Waals surface area contributed by atoms with Crippen molar-refractivity contribution in [2.24, 2.45) is 4.99 Å². The Bertz CT molecular complexity index is 747. The van der Waals surface area contributed by atoms with Crippen molar-refractivity contribution in [2.45, 2.75) is 6.92 Å². The van der Waals surface area contributed by atoms with Gasteiger partial charge in [0.05, 0.1) is 10.6 Å². The van der Waals surface area contributed by atoms with E-state index in [1.54, 1.807) is 23.5 Å². The van der Waals surface area contributed by atoms with Gasteiger partial charge in [-0.25, -0.2) is 9.38 Å². The molecule has 1 saturated heterocycles. The Morgan fingerprint density at radius 1 is 1.24 bits per heavy atom. The summed E-state index contributed by atoms with van der Waals surface area (Å²) >= 11 is 2.88. The van der Waals surface area contributed by atoms with Crippen LogP contribution in [0.3, 0.4) is 0 Å². The summed E-state index contributed by atoms with van der Waals surface area (Å²) in [4.78, 5) is 17.9. The Balaban J connectivity index is 1.83. The van der Waals surface area contributed by atoms with Gasteiger partial charge in [-0.1, -0.05) is 0 Å². The standard InChI is InChI=1S/C15H11FN2OS2/c1-9-6-7-20-12(9)8-13-14(19)18-15(21-13)17-11-4-2-10(16)3-5-11/h2-8H,1H3,(H,17,18,19)/b13-8+.